The Labute approximate surface area is 189 Å². The second-order valence-electron chi connectivity index (χ2n) is 8.40. The zero-order valence-corrected chi connectivity index (χ0v) is 18.2. The van der Waals surface area contributed by atoms with Crippen molar-refractivity contribution in [1.82, 2.24) is 20.0 Å². The van der Waals surface area contributed by atoms with Crippen LogP contribution in [0.1, 0.15) is 35.2 Å². The van der Waals surface area contributed by atoms with Crippen LogP contribution in [0.4, 0.5) is 5.82 Å². The maximum atomic E-state index is 13.0. The van der Waals surface area contributed by atoms with Gasteiger partial charge in [0.15, 0.2) is 17.1 Å². The van der Waals surface area contributed by atoms with Gasteiger partial charge in [0.2, 0.25) is 11.7 Å². The molecule has 0 atom stereocenters. The van der Waals surface area contributed by atoms with Crippen molar-refractivity contribution >= 4 is 22.7 Å². The average Bonchev–Trinajstić information content (AvgIpc) is 3.43. The Balaban J connectivity index is 1.11. The zero-order valence-electron chi connectivity index (χ0n) is 18.2. The van der Waals surface area contributed by atoms with Crippen LogP contribution >= 0.6 is 0 Å². The number of piperazine rings is 1. The number of pyridine rings is 1. The van der Waals surface area contributed by atoms with Gasteiger partial charge >= 0.3 is 0 Å². The minimum absolute atomic E-state index is 0.111. The second-order valence-corrected chi connectivity index (χ2v) is 8.40. The third-order valence-electron chi connectivity index (χ3n) is 6.20. The van der Waals surface area contributed by atoms with Gasteiger partial charge in [-0.05, 0) is 37.1 Å². The van der Waals surface area contributed by atoms with E-state index in [4.69, 9.17) is 13.7 Å². The number of amides is 1. The van der Waals surface area contributed by atoms with Crippen molar-refractivity contribution in [3.05, 3.63) is 54.2 Å². The number of hydrogen-bond acceptors (Lipinski definition) is 8. The first-order chi connectivity index (χ1) is 16.2. The lowest BCUT2D eigenvalue weighted by Gasteiger charge is -2.35. The first-order valence-corrected chi connectivity index (χ1v) is 11.1. The van der Waals surface area contributed by atoms with Gasteiger partial charge < -0.3 is 23.5 Å². The molecule has 4 aromatic rings. The smallest absolute Gasteiger partial charge is 0.289 e. The summed E-state index contributed by atoms with van der Waals surface area (Å²) in [5, 5.41) is 4.93. The summed E-state index contributed by atoms with van der Waals surface area (Å²) < 4.78 is 16.5. The SMILES string of the molecule is COc1cccc2cc(C(=O)N3CCN(c4ccc(-c5noc(C6CC6)n5)cn4)CC3)oc12. The molecule has 6 rings (SSSR count). The highest BCUT2D eigenvalue weighted by Gasteiger charge is 2.30. The van der Waals surface area contributed by atoms with Crippen molar-refractivity contribution in [1.29, 1.82) is 0 Å². The Morgan fingerprint density at radius 1 is 1.12 bits per heavy atom. The second kappa shape index (κ2) is 7.91. The third-order valence-corrected chi connectivity index (χ3v) is 6.20. The normalized spacial score (nSPS) is 16.4. The molecule has 2 fully saturated rings. The minimum Gasteiger partial charge on any atom is -0.493 e. The van der Waals surface area contributed by atoms with E-state index in [9.17, 15) is 4.79 Å². The number of rotatable bonds is 5. The van der Waals surface area contributed by atoms with E-state index in [0.717, 1.165) is 35.5 Å². The molecular weight excluding hydrogens is 422 g/mol. The number of ether oxygens (including phenoxy) is 1. The van der Waals surface area contributed by atoms with Gasteiger partial charge in [-0.2, -0.15) is 4.98 Å². The number of para-hydroxylation sites is 1. The van der Waals surface area contributed by atoms with Crippen molar-refractivity contribution in [3.8, 4) is 17.1 Å². The highest BCUT2D eigenvalue weighted by molar-refractivity contribution is 5.97. The molecule has 3 aromatic heterocycles. The Bertz CT molecular complexity index is 1300. The van der Waals surface area contributed by atoms with E-state index in [1.165, 1.54) is 0 Å². The molecule has 4 heterocycles. The van der Waals surface area contributed by atoms with Gasteiger partial charge in [0.1, 0.15) is 5.82 Å². The summed E-state index contributed by atoms with van der Waals surface area (Å²) in [6, 6.07) is 11.3. The van der Waals surface area contributed by atoms with E-state index in [1.807, 2.05) is 35.2 Å². The van der Waals surface area contributed by atoms with Crippen LogP contribution in [0.25, 0.3) is 22.4 Å². The number of nitrogens with zero attached hydrogens (tertiary/aromatic N) is 5. The largest absolute Gasteiger partial charge is 0.493 e. The van der Waals surface area contributed by atoms with Crippen molar-refractivity contribution < 1.29 is 18.5 Å². The molecule has 1 saturated heterocycles. The van der Waals surface area contributed by atoms with Gasteiger partial charge in [-0.15, -0.1) is 0 Å². The van der Waals surface area contributed by atoms with E-state index in [-0.39, 0.29) is 5.91 Å². The van der Waals surface area contributed by atoms with E-state index in [1.54, 1.807) is 19.4 Å². The lowest BCUT2D eigenvalue weighted by molar-refractivity contribution is 0.0716. The number of carbonyl (C=O) groups is 1. The monoisotopic (exact) mass is 445 g/mol. The Morgan fingerprint density at radius 2 is 1.97 bits per heavy atom. The summed E-state index contributed by atoms with van der Waals surface area (Å²) >= 11 is 0. The van der Waals surface area contributed by atoms with Gasteiger partial charge in [-0.1, -0.05) is 17.3 Å². The topological polar surface area (TPSA) is 97.7 Å². The molecular formula is C24H23N5O4. The molecule has 1 aliphatic heterocycles. The fraction of sp³-hybridized carbons (Fsp3) is 0.333. The number of anilines is 1. The van der Waals surface area contributed by atoms with Crippen LogP contribution < -0.4 is 9.64 Å². The molecule has 33 heavy (non-hydrogen) atoms. The minimum atomic E-state index is -0.111. The predicted molar refractivity (Wildman–Crippen MR) is 120 cm³/mol. The first-order valence-electron chi connectivity index (χ1n) is 11.1. The maximum absolute atomic E-state index is 13.0. The third kappa shape index (κ3) is 3.69. The molecule has 9 nitrogen and oxygen atoms in total. The van der Waals surface area contributed by atoms with Crippen molar-refractivity contribution in [2.24, 2.45) is 0 Å². The molecule has 0 N–H and O–H groups in total. The van der Waals surface area contributed by atoms with Crippen LogP contribution in [0.3, 0.4) is 0 Å². The van der Waals surface area contributed by atoms with Crippen LogP contribution in [0.15, 0.2) is 51.5 Å². The van der Waals surface area contributed by atoms with E-state index in [2.05, 4.69) is 20.0 Å². The molecule has 0 radical (unpaired) electrons. The van der Waals surface area contributed by atoms with Crippen LogP contribution in [0, 0.1) is 0 Å². The fourth-order valence-corrected chi connectivity index (χ4v) is 4.15. The summed E-state index contributed by atoms with van der Waals surface area (Å²) in [4.78, 5) is 26.1. The number of furan rings is 1. The first kappa shape index (κ1) is 19.8. The Kier molecular flexibility index (Phi) is 4.74. The van der Waals surface area contributed by atoms with Crippen molar-refractivity contribution in [3.63, 3.8) is 0 Å². The number of carbonyl (C=O) groups excluding carboxylic acids is 1. The molecule has 1 aliphatic carbocycles. The number of benzene rings is 1. The van der Waals surface area contributed by atoms with Gasteiger partial charge in [0, 0.05) is 49.2 Å². The highest BCUT2D eigenvalue weighted by atomic mass is 16.5. The molecule has 0 spiro atoms. The van der Waals surface area contributed by atoms with Crippen LogP contribution in [-0.4, -0.2) is 59.2 Å². The molecule has 0 unspecified atom stereocenters. The zero-order chi connectivity index (χ0) is 22.4. The summed E-state index contributed by atoms with van der Waals surface area (Å²) in [6.07, 6.45) is 4.02. The number of hydrogen-bond donors (Lipinski definition) is 0. The molecule has 168 valence electrons. The quantitative estimate of drug-likeness (QED) is 0.458. The van der Waals surface area contributed by atoms with Crippen LogP contribution in [-0.2, 0) is 0 Å². The molecule has 0 bridgehead atoms. The molecule has 1 aromatic carbocycles. The summed E-state index contributed by atoms with van der Waals surface area (Å²) in [7, 11) is 1.59. The van der Waals surface area contributed by atoms with Crippen LogP contribution in [0.5, 0.6) is 5.75 Å². The summed E-state index contributed by atoms with van der Waals surface area (Å²) in [5.74, 6) is 3.43. The molecule has 1 saturated carbocycles. The van der Waals surface area contributed by atoms with E-state index < -0.39 is 0 Å². The van der Waals surface area contributed by atoms with Gasteiger partial charge in [0.05, 0.1) is 7.11 Å². The van der Waals surface area contributed by atoms with Crippen molar-refractivity contribution in [2.75, 3.05) is 38.2 Å². The highest BCUT2D eigenvalue weighted by Crippen LogP contribution is 2.39. The van der Waals surface area contributed by atoms with E-state index in [0.29, 0.717) is 55.0 Å². The number of fused-ring (bicyclic) bond motifs is 1. The van der Waals surface area contributed by atoms with Crippen molar-refractivity contribution in [2.45, 2.75) is 18.8 Å². The van der Waals surface area contributed by atoms with Gasteiger partial charge in [-0.25, -0.2) is 4.98 Å². The number of aromatic nitrogens is 3. The maximum Gasteiger partial charge on any atom is 0.289 e. The Morgan fingerprint density at radius 3 is 2.70 bits per heavy atom. The lowest BCUT2D eigenvalue weighted by atomic mass is 10.2. The fourth-order valence-electron chi connectivity index (χ4n) is 4.15. The number of methoxy groups -OCH3 is 1. The lowest BCUT2D eigenvalue weighted by Crippen LogP contribution is -2.49. The van der Waals surface area contributed by atoms with Gasteiger partial charge in [0.25, 0.3) is 5.91 Å². The predicted octanol–water partition coefficient (Wildman–Crippen LogP) is 3.73. The molecule has 1 amide bonds. The van der Waals surface area contributed by atoms with Gasteiger partial charge in [-0.3, -0.25) is 4.79 Å². The average molecular weight is 445 g/mol. The van der Waals surface area contributed by atoms with Crippen LogP contribution in [0.2, 0.25) is 0 Å². The summed E-state index contributed by atoms with van der Waals surface area (Å²) in [5.41, 5.74) is 1.43. The molecule has 2 aliphatic rings. The molecule has 9 heteroatoms. The summed E-state index contributed by atoms with van der Waals surface area (Å²) in [6.45, 7) is 2.56. The standard InChI is InChI=1S/C24H23N5O4/c1-31-18-4-2-3-16-13-19(32-21(16)18)24(30)29-11-9-28(10-12-29)20-8-7-17(14-25-20)22-26-23(33-27-22)15-5-6-15/h2-4,7-8,13-15H,5-6,9-12H2,1H3. The Hall–Kier alpha value is -3.88. The van der Waals surface area contributed by atoms with E-state index >= 15 is 0 Å².